The Labute approximate surface area is 197 Å². The number of nitrogens with zero attached hydrogens (tertiary/aromatic N) is 7. The van der Waals surface area contributed by atoms with Gasteiger partial charge in [-0.15, -0.1) is 10.2 Å². The van der Waals surface area contributed by atoms with Crippen LogP contribution in [-0.2, 0) is 6.54 Å². The summed E-state index contributed by atoms with van der Waals surface area (Å²) in [5.41, 5.74) is 1.90. The molecule has 0 spiro atoms. The van der Waals surface area contributed by atoms with E-state index < -0.39 is 24.0 Å². The van der Waals surface area contributed by atoms with Gasteiger partial charge in [0.25, 0.3) is 5.92 Å². The van der Waals surface area contributed by atoms with Gasteiger partial charge in [-0.1, -0.05) is 11.3 Å². The number of hydrogen-bond acceptors (Lipinski definition) is 7. The Morgan fingerprint density at radius 2 is 2.11 bits per heavy atom. The second kappa shape index (κ2) is 8.63. The summed E-state index contributed by atoms with van der Waals surface area (Å²) in [5, 5.41) is 14.9. The molecular formula is C22H24F4N8O. The quantitative estimate of drug-likeness (QED) is 0.413. The van der Waals surface area contributed by atoms with E-state index in [0.717, 1.165) is 6.20 Å². The Morgan fingerprint density at radius 3 is 2.83 bits per heavy atom. The Kier molecular flexibility index (Phi) is 5.74. The van der Waals surface area contributed by atoms with E-state index in [1.165, 1.54) is 23.2 Å². The van der Waals surface area contributed by atoms with E-state index in [1.807, 2.05) is 0 Å². The normalized spacial score (nSPS) is 19.3. The van der Waals surface area contributed by atoms with Gasteiger partial charge in [-0.25, -0.2) is 26.8 Å². The molecule has 4 heterocycles. The summed E-state index contributed by atoms with van der Waals surface area (Å²) in [6, 6.07) is 3.80. The zero-order valence-electron chi connectivity index (χ0n) is 19.3. The van der Waals surface area contributed by atoms with Gasteiger partial charge >= 0.3 is 0 Å². The van der Waals surface area contributed by atoms with Gasteiger partial charge in [-0.3, -0.25) is 0 Å². The Balaban J connectivity index is 1.56. The highest BCUT2D eigenvalue weighted by Crippen LogP contribution is 2.36. The molecule has 9 nitrogen and oxygen atoms in total. The lowest BCUT2D eigenvalue weighted by atomic mass is 10.0. The third kappa shape index (κ3) is 4.24. The van der Waals surface area contributed by atoms with Gasteiger partial charge in [0.2, 0.25) is 11.8 Å². The highest BCUT2D eigenvalue weighted by Gasteiger charge is 2.44. The highest BCUT2D eigenvalue weighted by molar-refractivity contribution is 5.89. The molecule has 2 atom stereocenters. The first kappa shape index (κ1) is 23.3. The number of fused-ring (bicyclic) bond motifs is 2. The Hall–Kier alpha value is -3.48. The number of likely N-dealkylation sites (tertiary alicyclic amines) is 1. The maximum absolute atomic E-state index is 15.2. The minimum Gasteiger partial charge on any atom is -0.479 e. The fraction of sp³-hybridized carbons (Fsp3) is 0.455. The third-order valence-electron chi connectivity index (χ3n) is 6.07. The molecule has 1 saturated heterocycles. The number of aromatic nitrogens is 6. The van der Waals surface area contributed by atoms with Crippen LogP contribution in [0.1, 0.15) is 13.3 Å². The van der Waals surface area contributed by atoms with E-state index in [2.05, 4.69) is 25.7 Å². The summed E-state index contributed by atoms with van der Waals surface area (Å²) < 4.78 is 65.8. The number of methoxy groups -OCH3 is 1. The van der Waals surface area contributed by atoms with Crippen molar-refractivity contribution >= 4 is 22.5 Å². The van der Waals surface area contributed by atoms with Crippen LogP contribution in [0.4, 0.5) is 23.5 Å². The summed E-state index contributed by atoms with van der Waals surface area (Å²) in [6.07, 6.45) is 0.181. The molecule has 35 heavy (non-hydrogen) atoms. The van der Waals surface area contributed by atoms with Crippen LogP contribution >= 0.6 is 0 Å². The highest BCUT2D eigenvalue weighted by atomic mass is 19.3. The van der Waals surface area contributed by atoms with Crippen molar-refractivity contribution in [2.75, 3.05) is 32.6 Å². The summed E-state index contributed by atoms with van der Waals surface area (Å²) in [6.45, 7) is 1.52. The number of rotatable bonds is 6. The van der Waals surface area contributed by atoms with Gasteiger partial charge in [0.05, 0.1) is 43.5 Å². The predicted molar refractivity (Wildman–Crippen MR) is 121 cm³/mol. The summed E-state index contributed by atoms with van der Waals surface area (Å²) in [4.78, 5) is 5.81. The minimum atomic E-state index is -2.99. The minimum absolute atomic E-state index is 0.00198. The molecule has 3 aromatic heterocycles. The van der Waals surface area contributed by atoms with Crippen LogP contribution in [-0.4, -0.2) is 79.9 Å². The van der Waals surface area contributed by atoms with Crippen molar-refractivity contribution in [1.82, 2.24) is 34.5 Å². The molecule has 186 valence electrons. The molecule has 0 radical (unpaired) electrons. The number of nitrogens with one attached hydrogen (secondary N) is 1. The monoisotopic (exact) mass is 492 g/mol. The number of piperidine rings is 1. The number of benzene rings is 1. The average Bonchev–Trinajstić information content (AvgIpc) is 3.33. The van der Waals surface area contributed by atoms with Crippen molar-refractivity contribution in [3.05, 3.63) is 30.2 Å². The van der Waals surface area contributed by atoms with Crippen LogP contribution in [0.2, 0.25) is 0 Å². The lowest BCUT2D eigenvalue weighted by molar-refractivity contribution is -0.0675. The number of alkyl halides is 3. The van der Waals surface area contributed by atoms with Gasteiger partial charge < -0.3 is 15.0 Å². The first-order valence-electron chi connectivity index (χ1n) is 11.1. The SMILES string of the molecule is COc1nc(N[C@@H]2CCN(C)CC2(F)F)nn2cc(F)c(-c3ccc4nnn(C[C@@H](C)F)c4c3)c12. The number of halogens is 4. The molecule has 0 amide bonds. The molecule has 0 bridgehead atoms. The van der Waals surface area contributed by atoms with E-state index in [0.29, 0.717) is 23.1 Å². The van der Waals surface area contributed by atoms with Crippen LogP contribution in [0.15, 0.2) is 24.4 Å². The van der Waals surface area contributed by atoms with Gasteiger partial charge in [-0.2, -0.15) is 4.98 Å². The fourth-order valence-corrected chi connectivity index (χ4v) is 4.44. The summed E-state index contributed by atoms with van der Waals surface area (Å²) >= 11 is 0. The molecule has 1 N–H and O–H groups in total. The predicted octanol–water partition coefficient (Wildman–Crippen LogP) is 3.40. The van der Waals surface area contributed by atoms with Crippen molar-refractivity contribution in [3.8, 4) is 17.0 Å². The molecular weight excluding hydrogens is 468 g/mol. The Bertz CT molecular complexity index is 1390. The topological polar surface area (TPSA) is 85.4 Å². The lowest BCUT2D eigenvalue weighted by Crippen LogP contribution is -2.53. The molecule has 1 fully saturated rings. The van der Waals surface area contributed by atoms with E-state index >= 15 is 4.39 Å². The molecule has 0 unspecified atom stereocenters. The first-order valence-corrected chi connectivity index (χ1v) is 11.1. The maximum Gasteiger partial charge on any atom is 0.280 e. The van der Waals surface area contributed by atoms with Crippen LogP contribution in [0, 0.1) is 5.82 Å². The van der Waals surface area contributed by atoms with Gasteiger partial charge in [-0.05, 0) is 38.1 Å². The second-order valence-electron chi connectivity index (χ2n) is 8.83. The van der Waals surface area contributed by atoms with Crippen molar-refractivity contribution in [3.63, 3.8) is 0 Å². The lowest BCUT2D eigenvalue weighted by Gasteiger charge is -2.36. The van der Waals surface area contributed by atoms with Gasteiger partial charge in [0.15, 0.2) is 5.82 Å². The largest absolute Gasteiger partial charge is 0.479 e. The smallest absolute Gasteiger partial charge is 0.280 e. The van der Waals surface area contributed by atoms with E-state index in [1.54, 1.807) is 30.1 Å². The van der Waals surface area contributed by atoms with Crippen LogP contribution in [0.3, 0.4) is 0 Å². The fourth-order valence-electron chi connectivity index (χ4n) is 4.44. The van der Waals surface area contributed by atoms with E-state index in [9.17, 15) is 13.2 Å². The zero-order chi connectivity index (χ0) is 24.9. The third-order valence-corrected chi connectivity index (χ3v) is 6.07. The Morgan fingerprint density at radius 1 is 1.31 bits per heavy atom. The van der Waals surface area contributed by atoms with Crippen molar-refractivity contribution in [1.29, 1.82) is 0 Å². The average molecular weight is 492 g/mol. The number of anilines is 1. The summed E-state index contributed by atoms with van der Waals surface area (Å²) in [7, 11) is 2.99. The zero-order valence-corrected chi connectivity index (χ0v) is 19.3. The van der Waals surface area contributed by atoms with E-state index in [-0.39, 0.29) is 42.4 Å². The number of hydrogen-bond donors (Lipinski definition) is 1. The molecule has 0 saturated carbocycles. The number of ether oxygens (including phenoxy) is 1. The van der Waals surface area contributed by atoms with Crippen molar-refractivity contribution < 1.29 is 22.3 Å². The van der Waals surface area contributed by atoms with Gasteiger partial charge in [0, 0.05) is 6.54 Å². The molecule has 1 aliphatic rings. The summed E-state index contributed by atoms with van der Waals surface area (Å²) in [5.74, 6) is -3.69. The van der Waals surface area contributed by atoms with Crippen LogP contribution in [0.5, 0.6) is 5.88 Å². The van der Waals surface area contributed by atoms with Crippen molar-refractivity contribution in [2.45, 2.75) is 38.0 Å². The molecule has 4 aromatic rings. The molecule has 1 aromatic carbocycles. The van der Waals surface area contributed by atoms with Crippen molar-refractivity contribution in [2.24, 2.45) is 0 Å². The molecule has 0 aliphatic carbocycles. The van der Waals surface area contributed by atoms with Crippen LogP contribution in [0.25, 0.3) is 27.7 Å². The molecule has 5 rings (SSSR count). The van der Waals surface area contributed by atoms with Crippen LogP contribution < -0.4 is 10.1 Å². The standard InChI is InChI=1S/C22H24F4N8O/c1-12(23)9-33-16-8-13(4-5-15(16)29-31-33)18-14(24)10-34-19(18)20(35-3)28-21(30-34)27-17-6-7-32(2)11-22(17,25)26/h4-5,8,10,12,17H,6-7,9,11H2,1-3H3,(H,27,30)/t12-,17-/m1/s1. The first-order chi connectivity index (χ1) is 16.7. The van der Waals surface area contributed by atoms with Gasteiger partial charge in [0.1, 0.15) is 17.2 Å². The maximum atomic E-state index is 15.2. The van der Waals surface area contributed by atoms with E-state index in [4.69, 9.17) is 4.74 Å². The molecule has 13 heteroatoms. The molecule has 1 aliphatic heterocycles. The second-order valence-corrected chi connectivity index (χ2v) is 8.83.